The number of anilines is 1. The topological polar surface area (TPSA) is 108 Å². The molecule has 0 fully saturated rings. The van der Waals surface area contributed by atoms with Gasteiger partial charge in [-0.3, -0.25) is 10.1 Å². The lowest BCUT2D eigenvalue weighted by molar-refractivity contribution is -0.388. The minimum absolute atomic E-state index is 0.0153. The minimum Gasteiger partial charge on any atom is -0.337 e. The molecule has 1 atom stereocenters. The van der Waals surface area contributed by atoms with E-state index in [1.807, 2.05) is 6.07 Å². The molecule has 0 spiro atoms. The second-order valence-corrected chi connectivity index (χ2v) is 4.35. The Hall–Kier alpha value is -2.83. The molecule has 0 saturated heterocycles. The zero-order valence-corrected chi connectivity index (χ0v) is 11.3. The van der Waals surface area contributed by atoms with Crippen LogP contribution in [0.2, 0.25) is 0 Å². The number of nitro benzene ring substituents is 1. The van der Waals surface area contributed by atoms with Crippen molar-refractivity contribution in [1.29, 1.82) is 5.26 Å². The number of nitrogens with one attached hydrogen (secondary N) is 2. The first-order valence-electron chi connectivity index (χ1n) is 5.95. The molecule has 2 amide bonds. The Morgan fingerprint density at radius 3 is 2.64 bits per heavy atom. The van der Waals surface area contributed by atoms with Crippen molar-refractivity contribution in [3.8, 4) is 6.07 Å². The molecule has 0 aromatic heterocycles. The van der Waals surface area contributed by atoms with Gasteiger partial charge in [-0.1, -0.05) is 0 Å². The van der Waals surface area contributed by atoms with Crippen LogP contribution in [0.1, 0.15) is 12.5 Å². The van der Waals surface area contributed by atoms with Gasteiger partial charge in [0.25, 0.3) is 5.69 Å². The number of nitrogens with zero attached hydrogens (tertiary/aromatic N) is 2. The highest BCUT2D eigenvalue weighted by Gasteiger charge is 2.38. The highest BCUT2D eigenvalue weighted by Crippen LogP contribution is 2.37. The highest BCUT2D eigenvalue weighted by atomic mass is 19.4. The van der Waals surface area contributed by atoms with Crippen LogP contribution in [0.5, 0.6) is 0 Å². The lowest BCUT2D eigenvalue weighted by atomic mass is 10.1. The standard InChI is InChI=1S/C12H11F3N4O3/c1-7(5-16)6-17-11(20)18-8-2-3-10(19(21)22)9(4-8)12(13,14)15/h2-4,7H,6H2,1H3,(H2,17,18,20). The summed E-state index contributed by atoms with van der Waals surface area (Å²) < 4.78 is 38.3. The van der Waals surface area contributed by atoms with E-state index in [1.165, 1.54) is 0 Å². The molecule has 0 aliphatic carbocycles. The number of urea groups is 1. The molecule has 1 rings (SSSR count). The van der Waals surface area contributed by atoms with E-state index >= 15 is 0 Å². The van der Waals surface area contributed by atoms with Crippen molar-refractivity contribution in [1.82, 2.24) is 5.32 Å². The van der Waals surface area contributed by atoms with Gasteiger partial charge in [0.2, 0.25) is 0 Å². The molecule has 22 heavy (non-hydrogen) atoms. The van der Waals surface area contributed by atoms with Crippen LogP contribution < -0.4 is 10.6 Å². The number of hydrogen-bond donors (Lipinski definition) is 2. The largest absolute Gasteiger partial charge is 0.423 e. The molecule has 10 heteroatoms. The van der Waals surface area contributed by atoms with Crippen molar-refractivity contribution in [2.75, 3.05) is 11.9 Å². The average molecular weight is 316 g/mol. The molecule has 0 heterocycles. The number of nitriles is 1. The summed E-state index contributed by atoms with van der Waals surface area (Å²) in [5.41, 5.74) is -2.81. The number of nitro groups is 1. The van der Waals surface area contributed by atoms with E-state index in [0.29, 0.717) is 12.1 Å². The van der Waals surface area contributed by atoms with Crippen LogP contribution in [0.15, 0.2) is 18.2 Å². The second-order valence-electron chi connectivity index (χ2n) is 4.35. The Labute approximate surface area is 122 Å². The highest BCUT2D eigenvalue weighted by molar-refractivity contribution is 5.89. The Morgan fingerprint density at radius 1 is 1.50 bits per heavy atom. The third-order valence-corrected chi connectivity index (χ3v) is 2.55. The normalized spacial score (nSPS) is 12.1. The molecular formula is C12H11F3N4O3. The van der Waals surface area contributed by atoms with Crippen molar-refractivity contribution in [2.24, 2.45) is 5.92 Å². The van der Waals surface area contributed by atoms with Gasteiger partial charge in [0.15, 0.2) is 0 Å². The Morgan fingerprint density at radius 2 is 2.14 bits per heavy atom. The summed E-state index contributed by atoms with van der Waals surface area (Å²) in [4.78, 5) is 20.9. The maximum absolute atomic E-state index is 12.8. The lowest BCUT2D eigenvalue weighted by Gasteiger charge is -2.11. The summed E-state index contributed by atoms with van der Waals surface area (Å²) in [5.74, 6) is -0.464. The maximum Gasteiger partial charge on any atom is 0.423 e. The van der Waals surface area contributed by atoms with E-state index in [0.717, 1.165) is 6.07 Å². The maximum atomic E-state index is 12.8. The summed E-state index contributed by atoms with van der Waals surface area (Å²) >= 11 is 0. The van der Waals surface area contributed by atoms with Gasteiger partial charge >= 0.3 is 12.2 Å². The molecule has 0 radical (unpaired) electrons. The van der Waals surface area contributed by atoms with Crippen LogP contribution in [0, 0.1) is 27.4 Å². The number of halogens is 3. The van der Waals surface area contributed by atoms with Crippen LogP contribution in [0.25, 0.3) is 0 Å². The summed E-state index contributed by atoms with van der Waals surface area (Å²) in [5, 5.41) is 23.5. The first kappa shape index (κ1) is 17.2. The fourth-order valence-electron chi connectivity index (χ4n) is 1.47. The van der Waals surface area contributed by atoms with Crippen LogP contribution >= 0.6 is 0 Å². The molecule has 0 aliphatic rings. The van der Waals surface area contributed by atoms with Crippen molar-refractivity contribution < 1.29 is 22.9 Å². The number of rotatable bonds is 4. The number of alkyl halides is 3. The molecule has 1 aromatic carbocycles. The van der Waals surface area contributed by atoms with Gasteiger partial charge < -0.3 is 10.6 Å². The van der Waals surface area contributed by atoms with Crippen LogP contribution in [0.3, 0.4) is 0 Å². The van der Waals surface area contributed by atoms with Crippen LogP contribution in [-0.4, -0.2) is 17.5 Å². The van der Waals surface area contributed by atoms with E-state index in [1.54, 1.807) is 6.92 Å². The number of carbonyl (C=O) groups excluding carboxylic acids is 1. The molecule has 7 nitrogen and oxygen atoms in total. The van der Waals surface area contributed by atoms with Gasteiger partial charge in [-0.15, -0.1) is 0 Å². The molecular weight excluding hydrogens is 305 g/mol. The van der Waals surface area contributed by atoms with Gasteiger partial charge in [0.05, 0.1) is 16.9 Å². The van der Waals surface area contributed by atoms with E-state index < -0.39 is 34.3 Å². The SMILES string of the molecule is CC(C#N)CNC(=O)Nc1ccc([N+](=O)[O-])c(C(F)(F)F)c1. The summed E-state index contributed by atoms with van der Waals surface area (Å²) in [6.07, 6.45) is -4.92. The molecule has 1 aromatic rings. The average Bonchev–Trinajstić information content (AvgIpc) is 2.43. The fourth-order valence-corrected chi connectivity index (χ4v) is 1.47. The Balaban J connectivity index is 2.92. The minimum atomic E-state index is -4.92. The van der Waals surface area contributed by atoms with Crippen LogP contribution in [-0.2, 0) is 6.18 Å². The van der Waals surface area contributed by atoms with Gasteiger partial charge in [0.1, 0.15) is 5.56 Å². The predicted octanol–water partition coefficient (Wildman–Crippen LogP) is 2.89. The molecule has 0 saturated carbocycles. The van der Waals surface area contributed by atoms with E-state index in [-0.39, 0.29) is 12.2 Å². The smallest absolute Gasteiger partial charge is 0.337 e. The van der Waals surface area contributed by atoms with E-state index in [4.69, 9.17) is 5.26 Å². The third kappa shape index (κ3) is 4.62. The van der Waals surface area contributed by atoms with Crippen molar-refractivity contribution in [3.63, 3.8) is 0 Å². The van der Waals surface area contributed by atoms with E-state index in [9.17, 15) is 28.1 Å². The number of hydrogen-bond acceptors (Lipinski definition) is 4. The van der Waals surface area contributed by atoms with Crippen LogP contribution in [0.4, 0.5) is 29.3 Å². The molecule has 0 bridgehead atoms. The second kappa shape index (κ2) is 6.75. The van der Waals surface area contributed by atoms with Gasteiger partial charge in [-0.05, 0) is 19.1 Å². The number of carbonyl (C=O) groups is 1. The quantitative estimate of drug-likeness (QED) is 0.657. The monoisotopic (exact) mass is 316 g/mol. The molecule has 1 unspecified atom stereocenters. The molecule has 2 N–H and O–H groups in total. The molecule has 118 valence electrons. The first-order valence-corrected chi connectivity index (χ1v) is 5.95. The van der Waals surface area contributed by atoms with Crippen molar-refractivity contribution >= 4 is 17.4 Å². The summed E-state index contributed by atoms with van der Waals surface area (Å²) in [6.45, 7) is 1.56. The number of amides is 2. The third-order valence-electron chi connectivity index (χ3n) is 2.55. The Kier molecular flexibility index (Phi) is 5.28. The summed E-state index contributed by atoms with van der Waals surface area (Å²) in [6, 6.07) is 3.18. The predicted molar refractivity (Wildman–Crippen MR) is 69.9 cm³/mol. The van der Waals surface area contributed by atoms with Gasteiger partial charge in [-0.25, -0.2) is 4.79 Å². The fraction of sp³-hybridized carbons (Fsp3) is 0.333. The zero-order valence-electron chi connectivity index (χ0n) is 11.3. The number of benzene rings is 1. The zero-order chi connectivity index (χ0) is 16.9. The van der Waals surface area contributed by atoms with Gasteiger partial charge in [0, 0.05) is 18.3 Å². The van der Waals surface area contributed by atoms with Crippen molar-refractivity contribution in [3.05, 3.63) is 33.9 Å². The Bertz CT molecular complexity index is 625. The lowest BCUT2D eigenvalue weighted by Crippen LogP contribution is -2.32. The first-order chi connectivity index (χ1) is 10.1. The van der Waals surface area contributed by atoms with E-state index in [2.05, 4.69) is 10.6 Å². The van der Waals surface area contributed by atoms with Gasteiger partial charge in [-0.2, -0.15) is 18.4 Å². The van der Waals surface area contributed by atoms with Crippen molar-refractivity contribution in [2.45, 2.75) is 13.1 Å². The summed E-state index contributed by atoms with van der Waals surface area (Å²) in [7, 11) is 0. The molecule has 0 aliphatic heterocycles.